The molecule has 0 bridgehead atoms. The molecule has 0 saturated heterocycles. The molecule has 0 unspecified atom stereocenters. The third kappa shape index (κ3) is 2.12. The Labute approximate surface area is 101 Å². The fourth-order valence-corrected chi connectivity index (χ4v) is 1.62. The van der Waals surface area contributed by atoms with Crippen LogP contribution in [0.2, 0.25) is 0 Å². The fourth-order valence-electron chi connectivity index (χ4n) is 1.35. The van der Waals surface area contributed by atoms with Gasteiger partial charge in [0.05, 0.1) is 5.56 Å². The van der Waals surface area contributed by atoms with Crippen LogP contribution in [0.3, 0.4) is 0 Å². The minimum atomic E-state index is -0.113. The first kappa shape index (κ1) is 10.8. The van der Waals surface area contributed by atoms with Gasteiger partial charge in [-0.25, -0.2) is 0 Å². The summed E-state index contributed by atoms with van der Waals surface area (Å²) >= 11 is 3.32. The average Bonchev–Trinajstić information content (AvgIpc) is 2.30. The first-order chi connectivity index (χ1) is 7.68. The number of nitrogens with two attached hydrogens (primary N) is 1. The molecule has 3 nitrogen and oxygen atoms in total. The van der Waals surface area contributed by atoms with Crippen molar-refractivity contribution in [1.29, 1.82) is 0 Å². The first-order valence-corrected chi connectivity index (χ1v) is 5.47. The quantitative estimate of drug-likeness (QED) is 0.858. The van der Waals surface area contributed by atoms with E-state index in [1.807, 2.05) is 12.1 Å². The highest BCUT2D eigenvalue weighted by molar-refractivity contribution is 9.10. The van der Waals surface area contributed by atoms with Crippen LogP contribution in [0.4, 0.5) is 5.69 Å². The monoisotopic (exact) mass is 276 g/mol. The van der Waals surface area contributed by atoms with Gasteiger partial charge in [0.2, 0.25) is 0 Å². The molecule has 0 saturated carbocycles. The molecule has 2 aromatic rings. The molecule has 0 aliphatic heterocycles. The zero-order valence-corrected chi connectivity index (χ0v) is 9.94. The number of aromatic nitrogens is 1. The van der Waals surface area contributed by atoms with Crippen molar-refractivity contribution in [3.8, 4) is 0 Å². The van der Waals surface area contributed by atoms with E-state index in [1.165, 1.54) is 6.20 Å². The molecule has 0 aliphatic rings. The highest BCUT2D eigenvalue weighted by Crippen LogP contribution is 2.17. The Bertz CT molecular complexity index is 523. The molecule has 16 heavy (non-hydrogen) atoms. The summed E-state index contributed by atoms with van der Waals surface area (Å²) in [6.45, 7) is 0. The van der Waals surface area contributed by atoms with Crippen LogP contribution in [-0.4, -0.2) is 10.8 Å². The molecule has 4 heteroatoms. The maximum absolute atomic E-state index is 12.0. The number of hydrogen-bond donors (Lipinski definition) is 1. The maximum Gasteiger partial charge on any atom is 0.196 e. The van der Waals surface area contributed by atoms with Crippen molar-refractivity contribution < 1.29 is 4.79 Å². The lowest BCUT2D eigenvalue weighted by molar-refractivity contribution is 0.103. The predicted octanol–water partition coefficient (Wildman–Crippen LogP) is 2.66. The Morgan fingerprint density at radius 2 is 1.88 bits per heavy atom. The smallest absolute Gasteiger partial charge is 0.196 e. The molecule has 0 aliphatic carbocycles. The average molecular weight is 277 g/mol. The standard InChI is InChI=1S/C12H9BrN2O/c13-9-3-1-8(2-4-9)12(16)10-7-15-6-5-11(10)14/h1-7H,(H2,14,15). The van der Waals surface area contributed by atoms with Crippen molar-refractivity contribution in [2.24, 2.45) is 0 Å². The lowest BCUT2D eigenvalue weighted by atomic mass is 10.0. The van der Waals surface area contributed by atoms with Crippen molar-refractivity contribution in [1.82, 2.24) is 4.98 Å². The van der Waals surface area contributed by atoms with Crippen molar-refractivity contribution in [3.05, 3.63) is 58.3 Å². The van der Waals surface area contributed by atoms with Crippen molar-refractivity contribution >= 4 is 27.4 Å². The molecule has 2 N–H and O–H groups in total. The fraction of sp³-hybridized carbons (Fsp3) is 0. The molecular formula is C12H9BrN2O. The Morgan fingerprint density at radius 1 is 1.19 bits per heavy atom. The number of carbonyl (C=O) groups excluding carboxylic acids is 1. The number of halogens is 1. The van der Waals surface area contributed by atoms with Gasteiger partial charge >= 0.3 is 0 Å². The third-order valence-electron chi connectivity index (χ3n) is 2.21. The van der Waals surface area contributed by atoms with E-state index in [2.05, 4.69) is 20.9 Å². The number of benzene rings is 1. The molecule has 1 heterocycles. The Hall–Kier alpha value is -1.68. The van der Waals surface area contributed by atoms with E-state index in [4.69, 9.17) is 5.73 Å². The number of pyridine rings is 1. The molecule has 80 valence electrons. The molecule has 0 atom stereocenters. The second-order valence-electron chi connectivity index (χ2n) is 3.30. The van der Waals surface area contributed by atoms with Gasteiger partial charge in [-0.3, -0.25) is 9.78 Å². The lowest BCUT2D eigenvalue weighted by Crippen LogP contribution is -2.05. The molecular weight excluding hydrogens is 268 g/mol. The maximum atomic E-state index is 12.0. The number of nitrogens with zero attached hydrogens (tertiary/aromatic N) is 1. The molecule has 0 fully saturated rings. The zero-order chi connectivity index (χ0) is 11.5. The normalized spacial score (nSPS) is 10.1. The van der Waals surface area contributed by atoms with Crippen LogP contribution in [0.25, 0.3) is 0 Å². The van der Waals surface area contributed by atoms with Crippen LogP contribution in [0.1, 0.15) is 15.9 Å². The first-order valence-electron chi connectivity index (χ1n) is 4.68. The Balaban J connectivity index is 2.40. The third-order valence-corrected chi connectivity index (χ3v) is 2.73. The molecule has 0 radical (unpaired) electrons. The summed E-state index contributed by atoms with van der Waals surface area (Å²) in [7, 11) is 0. The van der Waals surface area contributed by atoms with Crippen LogP contribution < -0.4 is 5.73 Å². The highest BCUT2D eigenvalue weighted by atomic mass is 79.9. The van der Waals surface area contributed by atoms with Gasteiger partial charge in [-0.2, -0.15) is 0 Å². The van der Waals surface area contributed by atoms with Crippen LogP contribution in [0.15, 0.2) is 47.2 Å². The van der Waals surface area contributed by atoms with Gasteiger partial charge < -0.3 is 5.73 Å². The number of nitrogen functional groups attached to an aromatic ring is 1. The van der Waals surface area contributed by atoms with Gasteiger partial charge in [-0.1, -0.05) is 15.9 Å². The van der Waals surface area contributed by atoms with E-state index in [0.717, 1.165) is 4.47 Å². The van der Waals surface area contributed by atoms with Crippen LogP contribution in [0.5, 0.6) is 0 Å². The molecule has 0 spiro atoms. The summed E-state index contributed by atoms with van der Waals surface area (Å²) < 4.78 is 0.934. The van der Waals surface area contributed by atoms with E-state index in [1.54, 1.807) is 24.4 Å². The summed E-state index contributed by atoms with van der Waals surface area (Å²) in [4.78, 5) is 15.9. The van der Waals surface area contributed by atoms with E-state index in [0.29, 0.717) is 16.8 Å². The van der Waals surface area contributed by atoms with Crippen LogP contribution >= 0.6 is 15.9 Å². The Morgan fingerprint density at radius 3 is 2.50 bits per heavy atom. The largest absolute Gasteiger partial charge is 0.398 e. The van der Waals surface area contributed by atoms with Gasteiger partial charge in [0.1, 0.15) is 0 Å². The predicted molar refractivity (Wildman–Crippen MR) is 66.2 cm³/mol. The molecule has 1 aromatic carbocycles. The minimum Gasteiger partial charge on any atom is -0.398 e. The number of rotatable bonds is 2. The van der Waals surface area contributed by atoms with Gasteiger partial charge in [0.15, 0.2) is 5.78 Å². The molecule has 0 amide bonds. The van der Waals surface area contributed by atoms with Crippen LogP contribution in [-0.2, 0) is 0 Å². The Kier molecular flexibility index (Phi) is 3.01. The summed E-state index contributed by atoms with van der Waals surface area (Å²) in [5, 5.41) is 0. The summed E-state index contributed by atoms with van der Waals surface area (Å²) in [5.41, 5.74) is 7.20. The number of ketones is 1. The van der Waals surface area contributed by atoms with Gasteiger partial charge in [-0.05, 0) is 30.3 Å². The summed E-state index contributed by atoms with van der Waals surface area (Å²) in [6.07, 6.45) is 3.05. The van der Waals surface area contributed by atoms with Crippen molar-refractivity contribution in [2.45, 2.75) is 0 Å². The van der Waals surface area contributed by atoms with Crippen molar-refractivity contribution in [2.75, 3.05) is 5.73 Å². The highest BCUT2D eigenvalue weighted by Gasteiger charge is 2.11. The van der Waals surface area contributed by atoms with Gasteiger partial charge in [0, 0.05) is 28.1 Å². The summed E-state index contributed by atoms with van der Waals surface area (Å²) in [5.74, 6) is -0.113. The lowest BCUT2D eigenvalue weighted by Gasteiger charge is -2.03. The van der Waals surface area contributed by atoms with E-state index >= 15 is 0 Å². The number of hydrogen-bond acceptors (Lipinski definition) is 3. The SMILES string of the molecule is Nc1ccncc1C(=O)c1ccc(Br)cc1. The van der Waals surface area contributed by atoms with E-state index in [9.17, 15) is 4.79 Å². The van der Waals surface area contributed by atoms with Gasteiger partial charge in [-0.15, -0.1) is 0 Å². The zero-order valence-electron chi connectivity index (χ0n) is 8.35. The molecule has 1 aromatic heterocycles. The van der Waals surface area contributed by atoms with Crippen LogP contribution in [0, 0.1) is 0 Å². The van der Waals surface area contributed by atoms with E-state index in [-0.39, 0.29) is 5.78 Å². The van der Waals surface area contributed by atoms with Crippen molar-refractivity contribution in [3.63, 3.8) is 0 Å². The second kappa shape index (κ2) is 4.45. The second-order valence-corrected chi connectivity index (χ2v) is 4.21. The minimum absolute atomic E-state index is 0.113. The number of carbonyl (C=O) groups is 1. The number of anilines is 1. The van der Waals surface area contributed by atoms with Gasteiger partial charge in [0.25, 0.3) is 0 Å². The molecule has 2 rings (SSSR count). The topological polar surface area (TPSA) is 56.0 Å². The summed E-state index contributed by atoms with van der Waals surface area (Å²) in [6, 6.07) is 8.75. The van der Waals surface area contributed by atoms with E-state index < -0.39 is 0 Å².